The Balaban J connectivity index is 1.76. The highest BCUT2D eigenvalue weighted by molar-refractivity contribution is 5.81. The quantitative estimate of drug-likeness (QED) is 0.554. The summed E-state index contributed by atoms with van der Waals surface area (Å²) in [7, 11) is 0. The fourth-order valence-electron chi connectivity index (χ4n) is 4.81. The van der Waals surface area contributed by atoms with Crippen molar-refractivity contribution in [2.75, 3.05) is 0 Å². The van der Waals surface area contributed by atoms with Crippen molar-refractivity contribution in [2.24, 2.45) is 11.8 Å². The van der Waals surface area contributed by atoms with E-state index in [1.165, 1.54) is 32.1 Å². The third-order valence-electron chi connectivity index (χ3n) is 6.89. The smallest absolute Gasteiger partial charge is 0.305 e. The molecular formula is C22H38N2O4. The summed E-state index contributed by atoms with van der Waals surface area (Å²) in [5.74, 6) is -0.290. The zero-order valence-electron chi connectivity index (χ0n) is 17.6. The molecule has 2 rings (SSSR count). The van der Waals surface area contributed by atoms with Gasteiger partial charge in [0.1, 0.15) is 0 Å². The van der Waals surface area contributed by atoms with Crippen LogP contribution in [-0.2, 0) is 14.4 Å². The molecule has 3 N–H and O–H groups in total. The summed E-state index contributed by atoms with van der Waals surface area (Å²) in [6.45, 7) is 3.84. The van der Waals surface area contributed by atoms with Crippen molar-refractivity contribution in [2.45, 2.75) is 109 Å². The predicted octanol–water partition coefficient (Wildman–Crippen LogP) is 3.78. The molecule has 0 bridgehead atoms. The van der Waals surface area contributed by atoms with Crippen molar-refractivity contribution in [3.63, 3.8) is 0 Å². The predicted molar refractivity (Wildman–Crippen MR) is 109 cm³/mol. The molecule has 2 aliphatic rings. The van der Waals surface area contributed by atoms with Crippen LogP contribution in [0.3, 0.4) is 0 Å². The van der Waals surface area contributed by atoms with Crippen LogP contribution in [0.1, 0.15) is 97.3 Å². The Hall–Kier alpha value is -1.59. The van der Waals surface area contributed by atoms with Crippen LogP contribution >= 0.6 is 0 Å². The van der Waals surface area contributed by atoms with E-state index in [1.807, 2.05) is 13.8 Å². The van der Waals surface area contributed by atoms with E-state index in [0.717, 1.165) is 25.7 Å². The number of hydrogen-bond acceptors (Lipinski definition) is 3. The highest BCUT2D eigenvalue weighted by atomic mass is 16.4. The molecule has 0 aromatic heterocycles. The second-order valence-electron chi connectivity index (χ2n) is 8.87. The first-order valence-electron chi connectivity index (χ1n) is 11.2. The van der Waals surface area contributed by atoms with E-state index in [9.17, 15) is 19.5 Å². The Kier molecular flexibility index (Phi) is 8.77. The van der Waals surface area contributed by atoms with Gasteiger partial charge >= 0.3 is 5.97 Å². The minimum absolute atomic E-state index is 0.0306. The largest absolute Gasteiger partial charge is 0.481 e. The number of hydrogen-bond donors (Lipinski definition) is 3. The summed E-state index contributed by atoms with van der Waals surface area (Å²) in [5.41, 5.74) is -0.659. The summed E-state index contributed by atoms with van der Waals surface area (Å²) >= 11 is 0. The third-order valence-corrected chi connectivity index (χ3v) is 6.89. The molecule has 6 heteroatoms. The first-order valence-corrected chi connectivity index (χ1v) is 11.2. The molecule has 2 amide bonds. The lowest BCUT2D eigenvalue weighted by Crippen LogP contribution is -2.52. The second-order valence-corrected chi connectivity index (χ2v) is 8.87. The highest BCUT2D eigenvalue weighted by Crippen LogP contribution is 2.29. The minimum Gasteiger partial charge on any atom is -0.481 e. The van der Waals surface area contributed by atoms with Crippen molar-refractivity contribution in [3.8, 4) is 0 Å². The van der Waals surface area contributed by atoms with E-state index in [1.54, 1.807) is 0 Å². The van der Waals surface area contributed by atoms with E-state index >= 15 is 0 Å². The van der Waals surface area contributed by atoms with E-state index in [0.29, 0.717) is 25.2 Å². The Morgan fingerprint density at radius 1 is 0.929 bits per heavy atom. The summed E-state index contributed by atoms with van der Waals surface area (Å²) in [6.07, 6.45) is 11.1. The van der Waals surface area contributed by atoms with Crippen molar-refractivity contribution in [3.05, 3.63) is 0 Å². The van der Waals surface area contributed by atoms with E-state index in [-0.39, 0.29) is 30.2 Å². The summed E-state index contributed by atoms with van der Waals surface area (Å²) in [4.78, 5) is 36.2. The number of carboxylic acid groups (broad SMARTS) is 1. The summed E-state index contributed by atoms with van der Waals surface area (Å²) in [6, 6.07) is 0.168. The molecule has 2 saturated carbocycles. The van der Waals surface area contributed by atoms with Gasteiger partial charge in [0, 0.05) is 23.9 Å². The molecule has 0 spiro atoms. The number of nitrogens with one attached hydrogen (secondary N) is 2. The van der Waals surface area contributed by atoms with E-state index in [4.69, 9.17) is 0 Å². The van der Waals surface area contributed by atoms with Gasteiger partial charge in [0.15, 0.2) is 0 Å². The maximum absolute atomic E-state index is 12.7. The standard InChI is InChI=1S/C22H38N2O4/c1-3-22(4-2,15-20(26)27)24-21(28)17-10-12-18(13-11-17)23-19(25)14-16-8-6-5-7-9-16/h16-18H,3-15H2,1-2H3,(H,23,25)(H,24,28)(H,26,27). The van der Waals surface area contributed by atoms with E-state index in [2.05, 4.69) is 10.6 Å². The molecule has 2 fully saturated rings. The lowest BCUT2D eigenvalue weighted by molar-refractivity contribution is -0.139. The molecule has 28 heavy (non-hydrogen) atoms. The fraction of sp³-hybridized carbons (Fsp3) is 0.864. The van der Waals surface area contributed by atoms with Crippen LogP contribution in [-0.4, -0.2) is 34.5 Å². The van der Waals surface area contributed by atoms with Crippen LogP contribution in [0.4, 0.5) is 0 Å². The van der Waals surface area contributed by atoms with Crippen molar-refractivity contribution >= 4 is 17.8 Å². The lowest BCUT2D eigenvalue weighted by atomic mass is 9.83. The van der Waals surface area contributed by atoms with Crippen LogP contribution < -0.4 is 10.6 Å². The van der Waals surface area contributed by atoms with Crippen LogP contribution in [0, 0.1) is 11.8 Å². The Morgan fingerprint density at radius 3 is 2.07 bits per heavy atom. The first-order chi connectivity index (χ1) is 13.4. The molecular weight excluding hydrogens is 356 g/mol. The molecule has 0 unspecified atom stereocenters. The molecule has 2 aliphatic carbocycles. The van der Waals surface area contributed by atoms with Gasteiger partial charge in [-0.25, -0.2) is 0 Å². The van der Waals surface area contributed by atoms with Crippen molar-refractivity contribution in [1.29, 1.82) is 0 Å². The van der Waals surface area contributed by atoms with Crippen LogP contribution in [0.25, 0.3) is 0 Å². The molecule has 0 heterocycles. The lowest BCUT2D eigenvalue weighted by Gasteiger charge is -2.35. The Labute approximate surface area is 169 Å². The maximum atomic E-state index is 12.7. The fourth-order valence-corrected chi connectivity index (χ4v) is 4.81. The van der Waals surface area contributed by atoms with Crippen LogP contribution in [0.5, 0.6) is 0 Å². The summed E-state index contributed by atoms with van der Waals surface area (Å²) < 4.78 is 0. The average Bonchev–Trinajstić information content (AvgIpc) is 2.68. The van der Waals surface area contributed by atoms with Crippen LogP contribution in [0.15, 0.2) is 0 Å². The molecule has 6 nitrogen and oxygen atoms in total. The van der Waals surface area contributed by atoms with Crippen molar-refractivity contribution in [1.82, 2.24) is 10.6 Å². The van der Waals surface area contributed by atoms with Gasteiger partial charge in [0.25, 0.3) is 0 Å². The zero-order chi connectivity index (χ0) is 20.6. The Bertz CT molecular complexity index is 531. The SMILES string of the molecule is CCC(CC)(CC(=O)O)NC(=O)C1CCC(NC(=O)CC2CCCCC2)CC1. The van der Waals surface area contributed by atoms with Gasteiger partial charge in [0.2, 0.25) is 11.8 Å². The molecule has 0 radical (unpaired) electrons. The van der Waals surface area contributed by atoms with Gasteiger partial charge in [-0.2, -0.15) is 0 Å². The number of carboxylic acids is 1. The monoisotopic (exact) mass is 394 g/mol. The average molecular weight is 395 g/mol. The number of carbonyl (C=O) groups excluding carboxylic acids is 2. The van der Waals surface area contributed by atoms with Gasteiger partial charge in [-0.05, 0) is 57.3 Å². The number of rotatable bonds is 9. The third kappa shape index (κ3) is 6.78. The molecule has 160 valence electrons. The van der Waals surface area contributed by atoms with Crippen molar-refractivity contribution < 1.29 is 19.5 Å². The zero-order valence-corrected chi connectivity index (χ0v) is 17.6. The number of amides is 2. The van der Waals surface area contributed by atoms with E-state index < -0.39 is 11.5 Å². The molecule has 0 atom stereocenters. The summed E-state index contributed by atoms with van der Waals surface area (Å²) in [5, 5.41) is 15.4. The van der Waals surface area contributed by atoms with Gasteiger partial charge in [0.05, 0.1) is 6.42 Å². The van der Waals surface area contributed by atoms with Gasteiger partial charge in [-0.1, -0.05) is 33.1 Å². The highest BCUT2D eigenvalue weighted by Gasteiger charge is 2.35. The number of carbonyl (C=O) groups is 3. The molecule has 0 aromatic rings. The minimum atomic E-state index is -0.881. The second kappa shape index (κ2) is 10.8. The molecule has 0 saturated heterocycles. The van der Waals surface area contributed by atoms with Gasteiger partial charge < -0.3 is 15.7 Å². The normalized spacial score (nSPS) is 23.8. The molecule has 0 aliphatic heterocycles. The van der Waals surface area contributed by atoms with Gasteiger partial charge in [-0.15, -0.1) is 0 Å². The first kappa shape index (κ1) is 22.7. The van der Waals surface area contributed by atoms with Gasteiger partial charge in [-0.3, -0.25) is 14.4 Å². The number of aliphatic carboxylic acids is 1. The Morgan fingerprint density at radius 2 is 1.54 bits per heavy atom. The molecule has 0 aromatic carbocycles. The topological polar surface area (TPSA) is 95.5 Å². The van der Waals surface area contributed by atoms with Crippen LogP contribution in [0.2, 0.25) is 0 Å². The maximum Gasteiger partial charge on any atom is 0.305 e.